The van der Waals surface area contributed by atoms with Crippen LogP contribution in [0, 0.1) is 5.82 Å². The number of anilines is 1. The van der Waals surface area contributed by atoms with Gasteiger partial charge in [-0.25, -0.2) is 9.18 Å². The van der Waals surface area contributed by atoms with Crippen molar-refractivity contribution in [1.29, 1.82) is 0 Å². The first kappa shape index (κ1) is 13.2. The largest absolute Gasteiger partial charge is 0.478 e. The maximum Gasteiger partial charge on any atom is 0.335 e. The molecule has 0 bridgehead atoms. The molecular weight excluding hydrogens is 251 g/mol. The molecule has 6 heteroatoms. The van der Waals surface area contributed by atoms with Crippen LogP contribution in [0.25, 0.3) is 0 Å². The topological polar surface area (TPSA) is 78.4 Å². The lowest BCUT2D eigenvalue weighted by atomic mass is 10.0. The zero-order valence-electron chi connectivity index (χ0n) is 10.3. The van der Waals surface area contributed by atoms with Crippen molar-refractivity contribution in [3.05, 3.63) is 40.7 Å². The van der Waals surface area contributed by atoms with Crippen molar-refractivity contribution < 1.29 is 19.1 Å². The molecule has 1 saturated heterocycles. The van der Waals surface area contributed by atoms with Crippen LogP contribution < -0.4 is 10.6 Å². The summed E-state index contributed by atoms with van der Waals surface area (Å²) in [6, 6.07) is 3.37. The fourth-order valence-electron chi connectivity index (χ4n) is 1.64. The molecule has 0 spiro atoms. The van der Waals surface area contributed by atoms with Gasteiger partial charge in [0, 0.05) is 18.7 Å². The molecule has 5 nitrogen and oxygen atoms in total. The maximum absolute atomic E-state index is 13.6. The second kappa shape index (κ2) is 5.19. The number of nitrogens with one attached hydrogen (secondary N) is 2. The smallest absolute Gasteiger partial charge is 0.335 e. The van der Waals surface area contributed by atoms with E-state index in [0.717, 1.165) is 11.6 Å². The van der Waals surface area contributed by atoms with Gasteiger partial charge in [0.15, 0.2) is 0 Å². The Hall–Kier alpha value is -2.21. The zero-order valence-corrected chi connectivity index (χ0v) is 10.3. The Bertz CT molecular complexity index is 575. The molecule has 3 N–H and O–H groups in total. The maximum atomic E-state index is 13.6. The Balaban J connectivity index is 2.15. The molecule has 2 rings (SSSR count). The highest BCUT2D eigenvalue weighted by molar-refractivity contribution is 6.04. The second-order valence-corrected chi connectivity index (χ2v) is 4.29. The molecule has 0 saturated carbocycles. The van der Waals surface area contributed by atoms with E-state index in [9.17, 15) is 14.0 Å². The number of carboxylic acids is 1. The van der Waals surface area contributed by atoms with Crippen molar-refractivity contribution in [2.75, 3.05) is 18.4 Å². The van der Waals surface area contributed by atoms with E-state index in [4.69, 9.17) is 5.11 Å². The number of aromatic carboxylic acids is 1. The molecule has 1 fully saturated rings. The van der Waals surface area contributed by atoms with E-state index in [2.05, 4.69) is 10.6 Å². The highest BCUT2D eigenvalue weighted by Gasteiger charge is 2.17. The zero-order chi connectivity index (χ0) is 14.0. The van der Waals surface area contributed by atoms with E-state index in [1.807, 2.05) is 0 Å². The number of halogens is 1. The summed E-state index contributed by atoms with van der Waals surface area (Å²) in [5.41, 5.74) is 1.36. The van der Waals surface area contributed by atoms with Crippen LogP contribution in [0.15, 0.2) is 29.3 Å². The molecule has 1 heterocycles. The predicted octanol–water partition coefficient (Wildman–Crippen LogP) is 1.38. The van der Waals surface area contributed by atoms with Gasteiger partial charge in [-0.05, 0) is 30.7 Å². The molecule has 0 aromatic heterocycles. The van der Waals surface area contributed by atoms with Gasteiger partial charge in [-0.1, -0.05) is 0 Å². The number of benzene rings is 1. The van der Waals surface area contributed by atoms with Crippen molar-refractivity contribution in [2.45, 2.75) is 6.92 Å². The highest BCUT2D eigenvalue weighted by atomic mass is 19.1. The quantitative estimate of drug-likeness (QED) is 0.721. The minimum Gasteiger partial charge on any atom is -0.478 e. The van der Waals surface area contributed by atoms with Crippen LogP contribution in [0.3, 0.4) is 0 Å². The molecule has 1 aliphatic heterocycles. The van der Waals surface area contributed by atoms with Crippen LogP contribution in [0.4, 0.5) is 10.1 Å². The van der Waals surface area contributed by atoms with Crippen molar-refractivity contribution in [2.24, 2.45) is 0 Å². The SMILES string of the molecule is CC(C(=O)Nc1ccc(C(=O)O)cc1F)=C1CNC1. The summed E-state index contributed by atoms with van der Waals surface area (Å²) >= 11 is 0. The minimum absolute atomic E-state index is 0.0257. The average molecular weight is 264 g/mol. The number of carboxylic acid groups (broad SMARTS) is 1. The van der Waals surface area contributed by atoms with E-state index in [1.165, 1.54) is 12.1 Å². The van der Waals surface area contributed by atoms with Crippen molar-refractivity contribution in [1.82, 2.24) is 5.32 Å². The summed E-state index contributed by atoms with van der Waals surface area (Å²) in [5.74, 6) is -2.35. The van der Waals surface area contributed by atoms with Crippen LogP contribution in [-0.4, -0.2) is 30.1 Å². The van der Waals surface area contributed by atoms with Gasteiger partial charge in [0.1, 0.15) is 5.82 Å². The van der Waals surface area contributed by atoms with Crippen LogP contribution in [0.2, 0.25) is 0 Å². The number of hydrogen-bond donors (Lipinski definition) is 3. The standard InChI is InChI=1S/C13H13FN2O3/c1-7(9-5-15-6-9)12(17)16-11-3-2-8(13(18)19)4-10(11)14/h2-4,15H,5-6H2,1H3,(H,16,17)(H,18,19). The van der Waals surface area contributed by atoms with Gasteiger partial charge in [0.05, 0.1) is 11.3 Å². The van der Waals surface area contributed by atoms with Gasteiger partial charge in [0.25, 0.3) is 5.91 Å². The molecule has 1 amide bonds. The van der Waals surface area contributed by atoms with Crippen LogP contribution in [0.5, 0.6) is 0 Å². The Morgan fingerprint density at radius 1 is 1.37 bits per heavy atom. The second-order valence-electron chi connectivity index (χ2n) is 4.29. The predicted molar refractivity (Wildman–Crippen MR) is 67.6 cm³/mol. The average Bonchev–Trinajstić information content (AvgIpc) is 2.29. The Morgan fingerprint density at radius 3 is 2.53 bits per heavy atom. The van der Waals surface area contributed by atoms with Gasteiger partial charge in [-0.3, -0.25) is 4.79 Å². The van der Waals surface area contributed by atoms with Gasteiger partial charge in [-0.15, -0.1) is 0 Å². The van der Waals surface area contributed by atoms with Crippen molar-refractivity contribution in [3.63, 3.8) is 0 Å². The summed E-state index contributed by atoms with van der Waals surface area (Å²) in [6.07, 6.45) is 0. The lowest BCUT2D eigenvalue weighted by Crippen LogP contribution is -2.36. The monoisotopic (exact) mass is 264 g/mol. The van der Waals surface area contributed by atoms with Crippen LogP contribution in [-0.2, 0) is 4.79 Å². The molecule has 100 valence electrons. The summed E-state index contributed by atoms with van der Waals surface area (Å²) in [7, 11) is 0. The molecule has 1 aromatic carbocycles. The Morgan fingerprint density at radius 2 is 2.05 bits per heavy atom. The van der Waals surface area contributed by atoms with Crippen LogP contribution in [0.1, 0.15) is 17.3 Å². The first-order chi connectivity index (χ1) is 8.99. The van der Waals surface area contributed by atoms with Gasteiger partial charge < -0.3 is 15.7 Å². The van der Waals surface area contributed by atoms with E-state index in [1.54, 1.807) is 6.92 Å². The summed E-state index contributed by atoms with van der Waals surface area (Å²) in [5, 5.41) is 14.2. The third-order valence-corrected chi connectivity index (χ3v) is 3.01. The lowest BCUT2D eigenvalue weighted by Gasteiger charge is -2.21. The Labute approximate surface area is 109 Å². The van der Waals surface area contributed by atoms with Crippen molar-refractivity contribution >= 4 is 17.6 Å². The van der Waals surface area contributed by atoms with E-state index >= 15 is 0 Å². The number of carbonyl (C=O) groups is 2. The first-order valence-electron chi connectivity index (χ1n) is 5.72. The fraction of sp³-hybridized carbons (Fsp3) is 0.231. The summed E-state index contributed by atoms with van der Waals surface area (Å²) < 4.78 is 13.6. The third kappa shape index (κ3) is 2.79. The fourth-order valence-corrected chi connectivity index (χ4v) is 1.64. The van der Waals surface area contributed by atoms with Crippen molar-refractivity contribution in [3.8, 4) is 0 Å². The summed E-state index contributed by atoms with van der Waals surface area (Å²) in [6.45, 7) is 3.01. The minimum atomic E-state index is -1.21. The van der Waals surface area contributed by atoms with E-state index in [0.29, 0.717) is 18.7 Å². The highest BCUT2D eigenvalue weighted by Crippen LogP contribution is 2.18. The number of rotatable bonds is 3. The molecule has 19 heavy (non-hydrogen) atoms. The third-order valence-electron chi connectivity index (χ3n) is 3.01. The Kier molecular flexibility index (Phi) is 3.62. The molecule has 0 radical (unpaired) electrons. The molecule has 0 unspecified atom stereocenters. The number of carbonyl (C=O) groups excluding carboxylic acids is 1. The number of amides is 1. The van der Waals surface area contributed by atoms with E-state index in [-0.39, 0.29) is 17.2 Å². The summed E-state index contributed by atoms with van der Waals surface area (Å²) in [4.78, 5) is 22.5. The molecule has 0 atom stereocenters. The van der Waals surface area contributed by atoms with E-state index < -0.39 is 11.8 Å². The molecule has 1 aromatic rings. The van der Waals surface area contributed by atoms with Gasteiger partial charge in [0.2, 0.25) is 0 Å². The molecular formula is C13H13FN2O3. The normalized spacial score (nSPS) is 13.7. The van der Waals surface area contributed by atoms with Gasteiger partial charge in [-0.2, -0.15) is 0 Å². The number of hydrogen-bond acceptors (Lipinski definition) is 3. The first-order valence-corrected chi connectivity index (χ1v) is 5.72. The lowest BCUT2D eigenvalue weighted by molar-refractivity contribution is -0.112. The van der Waals surface area contributed by atoms with Crippen LogP contribution >= 0.6 is 0 Å². The molecule has 0 aliphatic carbocycles. The van der Waals surface area contributed by atoms with Gasteiger partial charge >= 0.3 is 5.97 Å². The molecule has 1 aliphatic rings.